The highest BCUT2D eigenvalue weighted by Gasteiger charge is 2.44. The summed E-state index contributed by atoms with van der Waals surface area (Å²) in [6, 6.07) is 0. The normalized spacial score (nSPS) is 24.6. The van der Waals surface area contributed by atoms with E-state index in [0.29, 0.717) is 5.41 Å². The standard InChI is InChI=1S/C14H25NO2/c1-13(2,3)17-12(16)15-9-7-14(4,8-10-15)11-5-6-11/h11H,5-10H2,1-4H3. The lowest BCUT2D eigenvalue weighted by Gasteiger charge is -2.40. The Labute approximate surface area is 105 Å². The summed E-state index contributed by atoms with van der Waals surface area (Å²) in [4.78, 5) is 13.8. The van der Waals surface area contributed by atoms with Crippen LogP contribution in [0.15, 0.2) is 0 Å². The Bertz CT molecular complexity index is 294. The van der Waals surface area contributed by atoms with E-state index in [1.807, 2.05) is 25.7 Å². The summed E-state index contributed by atoms with van der Waals surface area (Å²) in [7, 11) is 0. The number of nitrogens with zero attached hydrogens (tertiary/aromatic N) is 1. The van der Waals surface area contributed by atoms with E-state index >= 15 is 0 Å². The zero-order chi connectivity index (χ0) is 12.7. The summed E-state index contributed by atoms with van der Waals surface area (Å²) in [5.41, 5.74) is 0.104. The average molecular weight is 239 g/mol. The molecule has 0 spiro atoms. The molecule has 3 heteroatoms. The SMILES string of the molecule is CC(C)(C)OC(=O)N1CCC(C)(C2CC2)CC1. The lowest BCUT2D eigenvalue weighted by atomic mass is 9.76. The summed E-state index contributed by atoms with van der Waals surface area (Å²) in [6.07, 6.45) is 4.91. The molecule has 0 N–H and O–H groups in total. The van der Waals surface area contributed by atoms with Crippen LogP contribution in [0.5, 0.6) is 0 Å². The van der Waals surface area contributed by atoms with Gasteiger partial charge in [0.2, 0.25) is 0 Å². The molecule has 1 heterocycles. The molecule has 0 bridgehead atoms. The molecule has 2 fully saturated rings. The van der Waals surface area contributed by atoms with Crippen LogP contribution in [0.3, 0.4) is 0 Å². The Morgan fingerprint density at radius 3 is 2.18 bits per heavy atom. The van der Waals surface area contributed by atoms with Gasteiger partial charge in [-0.15, -0.1) is 0 Å². The molecule has 1 aliphatic carbocycles. The molecular formula is C14H25NO2. The summed E-state index contributed by atoms with van der Waals surface area (Å²) in [5.74, 6) is 0.920. The maximum absolute atomic E-state index is 11.9. The van der Waals surface area contributed by atoms with Gasteiger partial charge in [0.1, 0.15) is 5.60 Å². The van der Waals surface area contributed by atoms with Crippen molar-refractivity contribution in [3.63, 3.8) is 0 Å². The van der Waals surface area contributed by atoms with E-state index in [1.54, 1.807) is 0 Å². The molecule has 98 valence electrons. The third kappa shape index (κ3) is 3.14. The van der Waals surface area contributed by atoms with Crippen LogP contribution >= 0.6 is 0 Å². The smallest absolute Gasteiger partial charge is 0.410 e. The van der Waals surface area contributed by atoms with Crippen molar-refractivity contribution in [3.05, 3.63) is 0 Å². The van der Waals surface area contributed by atoms with Crippen molar-refractivity contribution < 1.29 is 9.53 Å². The molecule has 3 nitrogen and oxygen atoms in total. The van der Waals surface area contributed by atoms with Crippen LogP contribution in [0.2, 0.25) is 0 Å². The van der Waals surface area contributed by atoms with E-state index in [2.05, 4.69) is 6.92 Å². The zero-order valence-electron chi connectivity index (χ0n) is 11.6. The second kappa shape index (κ2) is 4.18. The van der Waals surface area contributed by atoms with Crippen LogP contribution in [0, 0.1) is 11.3 Å². The molecule has 1 aliphatic heterocycles. The monoisotopic (exact) mass is 239 g/mol. The lowest BCUT2D eigenvalue weighted by Crippen LogP contribution is -2.45. The first-order chi connectivity index (χ1) is 7.80. The first-order valence-corrected chi connectivity index (χ1v) is 6.78. The van der Waals surface area contributed by atoms with Crippen LogP contribution in [0.1, 0.15) is 53.4 Å². The number of likely N-dealkylation sites (tertiary alicyclic amines) is 1. The van der Waals surface area contributed by atoms with Gasteiger partial charge in [0.05, 0.1) is 0 Å². The van der Waals surface area contributed by atoms with Crippen LogP contribution in [-0.2, 0) is 4.74 Å². The lowest BCUT2D eigenvalue weighted by molar-refractivity contribution is 0.00947. The fourth-order valence-corrected chi connectivity index (χ4v) is 2.72. The summed E-state index contributed by atoms with van der Waals surface area (Å²) in [6.45, 7) is 9.87. The van der Waals surface area contributed by atoms with E-state index in [1.165, 1.54) is 12.8 Å². The van der Waals surface area contributed by atoms with E-state index in [0.717, 1.165) is 31.8 Å². The van der Waals surface area contributed by atoms with Gasteiger partial charge in [-0.25, -0.2) is 4.79 Å². The van der Waals surface area contributed by atoms with Crippen molar-refractivity contribution in [1.29, 1.82) is 0 Å². The van der Waals surface area contributed by atoms with E-state index in [4.69, 9.17) is 4.74 Å². The quantitative estimate of drug-likeness (QED) is 0.701. The highest BCUT2D eigenvalue weighted by molar-refractivity contribution is 5.68. The molecule has 0 unspecified atom stereocenters. The Hall–Kier alpha value is -0.730. The molecule has 0 atom stereocenters. The fourth-order valence-electron chi connectivity index (χ4n) is 2.72. The molecule has 0 aromatic heterocycles. The van der Waals surface area contributed by atoms with Crippen molar-refractivity contribution in [3.8, 4) is 0 Å². The Morgan fingerprint density at radius 2 is 1.76 bits per heavy atom. The molecule has 0 aromatic rings. The number of ether oxygens (including phenoxy) is 1. The van der Waals surface area contributed by atoms with Crippen molar-refractivity contribution in [1.82, 2.24) is 4.90 Å². The predicted octanol–water partition coefficient (Wildman–Crippen LogP) is 3.43. The van der Waals surface area contributed by atoms with Gasteiger partial charge in [0, 0.05) is 13.1 Å². The summed E-state index contributed by atoms with van der Waals surface area (Å²) < 4.78 is 5.41. The predicted molar refractivity (Wildman–Crippen MR) is 67.9 cm³/mol. The van der Waals surface area contributed by atoms with Gasteiger partial charge in [0.25, 0.3) is 0 Å². The fraction of sp³-hybridized carbons (Fsp3) is 0.929. The summed E-state index contributed by atoms with van der Waals surface area (Å²) in [5, 5.41) is 0. The van der Waals surface area contributed by atoms with Crippen molar-refractivity contribution in [2.75, 3.05) is 13.1 Å². The maximum atomic E-state index is 11.9. The van der Waals surface area contributed by atoms with Crippen LogP contribution in [0.4, 0.5) is 4.79 Å². The molecule has 17 heavy (non-hydrogen) atoms. The number of piperidine rings is 1. The van der Waals surface area contributed by atoms with E-state index in [9.17, 15) is 4.79 Å². The molecule has 0 aromatic carbocycles. The Kier molecular flexibility index (Phi) is 3.13. The first-order valence-electron chi connectivity index (χ1n) is 6.78. The minimum Gasteiger partial charge on any atom is -0.444 e. The van der Waals surface area contributed by atoms with Gasteiger partial charge in [-0.05, 0) is 57.8 Å². The number of carbonyl (C=O) groups is 1. The molecule has 2 aliphatic rings. The average Bonchev–Trinajstić information content (AvgIpc) is 2.98. The molecule has 2 rings (SSSR count). The number of rotatable bonds is 1. The third-order valence-electron chi connectivity index (χ3n) is 4.12. The molecule has 1 saturated heterocycles. The molecule has 1 saturated carbocycles. The van der Waals surface area contributed by atoms with E-state index in [-0.39, 0.29) is 11.7 Å². The minimum absolute atomic E-state index is 0.143. The van der Waals surface area contributed by atoms with Crippen molar-refractivity contribution in [2.45, 2.75) is 59.0 Å². The number of hydrogen-bond donors (Lipinski definition) is 0. The van der Waals surface area contributed by atoms with E-state index < -0.39 is 0 Å². The Morgan fingerprint density at radius 1 is 1.24 bits per heavy atom. The first kappa shape index (κ1) is 12.7. The van der Waals surface area contributed by atoms with Gasteiger partial charge in [0.15, 0.2) is 0 Å². The van der Waals surface area contributed by atoms with Crippen LogP contribution in [0.25, 0.3) is 0 Å². The third-order valence-corrected chi connectivity index (χ3v) is 4.12. The topological polar surface area (TPSA) is 29.5 Å². The van der Waals surface area contributed by atoms with Crippen LogP contribution < -0.4 is 0 Å². The molecular weight excluding hydrogens is 214 g/mol. The minimum atomic E-state index is -0.381. The van der Waals surface area contributed by atoms with Gasteiger partial charge >= 0.3 is 6.09 Å². The largest absolute Gasteiger partial charge is 0.444 e. The van der Waals surface area contributed by atoms with Crippen molar-refractivity contribution in [2.24, 2.45) is 11.3 Å². The van der Waals surface area contributed by atoms with Gasteiger partial charge in [-0.1, -0.05) is 6.92 Å². The highest BCUT2D eigenvalue weighted by Crippen LogP contribution is 2.51. The van der Waals surface area contributed by atoms with Gasteiger partial charge in [-0.3, -0.25) is 0 Å². The summed E-state index contributed by atoms with van der Waals surface area (Å²) >= 11 is 0. The number of amides is 1. The number of carbonyl (C=O) groups excluding carboxylic acids is 1. The van der Waals surface area contributed by atoms with Gasteiger partial charge < -0.3 is 9.64 Å². The van der Waals surface area contributed by atoms with Gasteiger partial charge in [-0.2, -0.15) is 0 Å². The van der Waals surface area contributed by atoms with Crippen LogP contribution in [-0.4, -0.2) is 29.7 Å². The number of hydrogen-bond acceptors (Lipinski definition) is 2. The van der Waals surface area contributed by atoms with Crippen molar-refractivity contribution >= 4 is 6.09 Å². The zero-order valence-corrected chi connectivity index (χ0v) is 11.6. The second-order valence-corrected chi connectivity index (χ2v) is 6.90. The Balaban J connectivity index is 1.84. The highest BCUT2D eigenvalue weighted by atomic mass is 16.6. The maximum Gasteiger partial charge on any atom is 0.410 e. The molecule has 0 radical (unpaired) electrons. The second-order valence-electron chi connectivity index (χ2n) is 6.90. The molecule has 1 amide bonds.